The van der Waals surface area contributed by atoms with Gasteiger partial charge in [0.25, 0.3) is 0 Å². The zero-order chi connectivity index (χ0) is 12.6. The Morgan fingerprint density at radius 1 is 1.38 bits per heavy atom. The second-order valence-electron chi connectivity index (χ2n) is 4.25. The summed E-state index contributed by atoms with van der Waals surface area (Å²) in [4.78, 5) is 8.81. The summed E-state index contributed by atoms with van der Waals surface area (Å²) in [5.41, 5.74) is 2.70. The van der Waals surface area contributed by atoms with Crippen LogP contribution in [0, 0.1) is 0 Å². The molecular formula is C11H27N5. The molecule has 1 unspecified atom stereocenters. The highest BCUT2D eigenvalue weighted by Crippen LogP contribution is 2.01. The normalized spacial score (nSPS) is 14.1. The predicted molar refractivity (Wildman–Crippen MR) is 70.3 cm³/mol. The van der Waals surface area contributed by atoms with Crippen LogP contribution in [-0.4, -0.2) is 55.5 Å². The van der Waals surface area contributed by atoms with Crippen molar-refractivity contribution < 1.29 is 0 Å². The highest BCUT2D eigenvalue weighted by Gasteiger charge is 2.16. The fourth-order valence-corrected chi connectivity index (χ4v) is 1.73. The van der Waals surface area contributed by atoms with Gasteiger partial charge in [-0.1, -0.05) is 6.92 Å². The van der Waals surface area contributed by atoms with Gasteiger partial charge in [-0.15, -0.1) is 0 Å². The number of hydrogen-bond donors (Lipinski definition) is 2. The van der Waals surface area contributed by atoms with Crippen LogP contribution in [0.15, 0.2) is 4.99 Å². The van der Waals surface area contributed by atoms with Crippen molar-refractivity contribution in [2.45, 2.75) is 33.2 Å². The fraction of sp³-hybridized carbons (Fsp3) is 0.909. The predicted octanol–water partition coefficient (Wildman–Crippen LogP) is 0.488. The van der Waals surface area contributed by atoms with Crippen LogP contribution in [0.5, 0.6) is 0 Å². The molecule has 0 rings (SSSR count). The average molecular weight is 229 g/mol. The second kappa shape index (κ2) is 8.35. The topological polar surface area (TPSA) is 56.9 Å². The largest absolute Gasteiger partial charge is 0.338 e. The van der Waals surface area contributed by atoms with Crippen molar-refractivity contribution in [1.82, 2.24) is 15.2 Å². The Kier molecular flexibility index (Phi) is 7.93. The highest BCUT2D eigenvalue weighted by molar-refractivity contribution is 5.79. The lowest BCUT2D eigenvalue weighted by Crippen LogP contribution is -2.51. The molecule has 0 saturated carbocycles. The minimum atomic E-state index is 0.395. The number of nitrogens with zero attached hydrogens (tertiary/aromatic N) is 3. The highest BCUT2D eigenvalue weighted by atomic mass is 15.4. The zero-order valence-corrected chi connectivity index (χ0v) is 11.3. The summed E-state index contributed by atoms with van der Waals surface area (Å²) in [6.07, 6.45) is 1.03. The minimum absolute atomic E-state index is 0.395. The van der Waals surface area contributed by atoms with E-state index in [-0.39, 0.29) is 0 Å². The number of nitrogens with one attached hydrogen (secondary N) is 1. The van der Waals surface area contributed by atoms with Crippen molar-refractivity contribution in [3.63, 3.8) is 0 Å². The van der Waals surface area contributed by atoms with E-state index in [0.29, 0.717) is 6.04 Å². The Hall–Kier alpha value is -0.810. The molecule has 16 heavy (non-hydrogen) atoms. The van der Waals surface area contributed by atoms with Gasteiger partial charge in [0.2, 0.25) is 5.96 Å². The van der Waals surface area contributed by atoms with Gasteiger partial charge in [0.05, 0.1) is 0 Å². The Morgan fingerprint density at radius 2 is 2.00 bits per heavy atom. The van der Waals surface area contributed by atoms with Gasteiger partial charge < -0.3 is 9.80 Å². The van der Waals surface area contributed by atoms with Crippen molar-refractivity contribution in [3.8, 4) is 0 Å². The summed E-state index contributed by atoms with van der Waals surface area (Å²) in [6, 6.07) is 0.395. The molecule has 96 valence electrons. The molecule has 5 nitrogen and oxygen atoms in total. The molecule has 0 aromatic carbocycles. The molecule has 0 aromatic rings. The van der Waals surface area contributed by atoms with E-state index in [1.807, 2.05) is 0 Å². The van der Waals surface area contributed by atoms with Crippen LogP contribution < -0.4 is 11.3 Å². The molecule has 0 aromatic heterocycles. The molecule has 0 aliphatic heterocycles. The van der Waals surface area contributed by atoms with E-state index in [0.717, 1.165) is 32.0 Å². The monoisotopic (exact) mass is 229 g/mol. The summed E-state index contributed by atoms with van der Waals surface area (Å²) in [6.45, 7) is 9.11. The van der Waals surface area contributed by atoms with Gasteiger partial charge in [0, 0.05) is 25.7 Å². The first kappa shape index (κ1) is 15.2. The molecule has 0 spiro atoms. The number of rotatable bonds is 6. The zero-order valence-electron chi connectivity index (χ0n) is 11.3. The molecule has 0 bridgehead atoms. The number of hydrazine groups is 1. The Morgan fingerprint density at radius 3 is 2.38 bits per heavy atom. The van der Waals surface area contributed by atoms with Crippen LogP contribution in [0.3, 0.4) is 0 Å². The Labute approximate surface area is 99.7 Å². The molecule has 1 atom stereocenters. The van der Waals surface area contributed by atoms with Crippen LogP contribution >= 0.6 is 0 Å². The van der Waals surface area contributed by atoms with Crippen LogP contribution in [-0.2, 0) is 0 Å². The standard InChI is InChI=1S/C11H27N5/c1-6-8-13-11(14-12)16(7-2)10(3)9-15(4)5/h10H,6-9,12H2,1-5H3,(H,13,14). The summed E-state index contributed by atoms with van der Waals surface area (Å²) >= 11 is 0. The number of nitrogens with two attached hydrogens (primary N) is 1. The summed E-state index contributed by atoms with van der Waals surface area (Å²) in [5, 5.41) is 0. The Balaban J connectivity index is 4.53. The SMILES string of the molecule is CCCN=C(NN)N(CC)C(C)CN(C)C. The van der Waals surface area contributed by atoms with Gasteiger partial charge >= 0.3 is 0 Å². The second-order valence-corrected chi connectivity index (χ2v) is 4.25. The van der Waals surface area contributed by atoms with Gasteiger partial charge in [0.1, 0.15) is 0 Å². The first-order chi connectivity index (χ1) is 7.56. The third kappa shape index (κ3) is 5.32. The minimum Gasteiger partial charge on any atom is -0.338 e. The van der Waals surface area contributed by atoms with E-state index < -0.39 is 0 Å². The molecule has 0 amide bonds. The van der Waals surface area contributed by atoms with Crippen LogP contribution in [0.1, 0.15) is 27.2 Å². The molecule has 5 heteroatoms. The quantitative estimate of drug-likeness (QED) is 0.301. The van der Waals surface area contributed by atoms with Crippen LogP contribution in [0.4, 0.5) is 0 Å². The molecule has 0 fully saturated rings. The van der Waals surface area contributed by atoms with E-state index in [1.54, 1.807) is 0 Å². The molecule has 0 heterocycles. The van der Waals surface area contributed by atoms with Crippen LogP contribution in [0.2, 0.25) is 0 Å². The third-order valence-corrected chi connectivity index (χ3v) is 2.39. The van der Waals surface area contributed by atoms with Crippen molar-refractivity contribution >= 4 is 5.96 Å². The first-order valence-corrected chi connectivity index (χ1v) is 5.99. The van der Waals surface area contributed by atoms with Gasteiger partial charge in [-0.05, 0) is 34.4 Å². The molecule has 0 radical (unpaired) electrons. The van der Waals surface area contributed by atoms with Crippen LogP contribution in [0.25, 0.3) is 0 Å². The summed E-state index contributed by atoms with van der Waals surface area (Å²) in [5.74, 6) is 6.31. The number of aliphatic imine (C=N–C) groups is 1. The maximum Gasteiger partial charge on any atom is 0.208 e. The van der Waals surface area contributed by atoms with E-state index in [2.05, 4.69) is 55.1 Å². The smallest absolute Gasteiger partial charge is 0.208 e. The van der Waals surface area contributed by atoms with E-state index in [9.17, 15) is 0 Å². The molecule has 0 aliphatic carbocycles. The number of guanidine groups is 1. The van der Waals surface area contributed by atoms with Gasteiger partial charge in [-0.3, -0.25) is 10.4 Å². The van der Waals surface area contributed by atoms with Gasteiger partial charge in [-0.2, -0.15) is 0 Å². The van der Waals surface area contributed by atoms with Crippen molar-refractivity contribution in [2.75, 3.05) is 33.7 Å². The maximum absolute atomic E-state index is 5.52. The van der Waals surface area contributed by atoms with Crippen molar-refractivity contribution in [3.05, 3.63) is 0 Å². The average Bonchev–Trinajstić information content (AvgIpc) is 2.22. The maximum atomic E-state index is 5.52. The molecule has 0 aliphatic rings. The Bertz CT molecular complexity index is 203. The third-order valence-electron chi connectivity index (χ3n) is 2.39. The van der Waals surface area contributed by atoms with E-state index >= 15 is 0 Å². The van der Waals surface area contributed by atoms with Gasteiger partial charge in [0.15, 0.2) is 0 Å². The lowest BCUT2D eigenvalue weighted by Gasteiger charge is -2.32. The van der Waals surface area contributed by atoms with Gasteiger partial charge in [-0.25, -0.2) is 5.84 Å². The molecular weight excluding hydrogens is 202 g/mol. The van der Waals surface area contributed by atoms with Crippen molar-refractivity contribution in [1.29, 1.82) is 0 Å². The van der Waals surface area contributed by atoms with E-state index in [1.165, 1.54) is 0 Å². The lowest BCUT2D eigenvalue weighted by atomic mass is 10.3. The van der Waals surface area contributed by atoms with Crippen molar-refractivity contribution in [2.24, 2.45) is 10.8 Å². The molecule has 3 N–H and O–H groups in total. The first-order valence-electron chi connectivity index (χ1n) is 5.99. The number of likely N-dealkylation sites (N-methyl/N-ethyl adjacent to an activating group) is 2. The lowest BCUT2D eigenvalue weighted by molar-refractivity contribution is 0.258. The summed E-state index contributed by atoms with van der Waals surface area (Å²) < 4.78 is 0. The summed E-state index contributed by atoms with van der Waals surface area (Å²) in [7, 11) is 4.14. The van der Waals surface area contributed by atoms with E-state index in [4.69, 9.17) is 5.84 Å². The number of hydrogen-bond acceptors (Lipinski definition) is 3. The fourth-order valence-electron chi connectivity index (χ4n) is 1.73. The molecule has 0 saturated heterocycles.